The van der Waals surface area contributed by atoms with Gasteiger partial charge in [0.1, 0.15) is 11.9 Å². The first-order valence-electron chi connectivity index (χ1n) is 14.7. The largest absolute Gasteiger partial charge is 0.496 e. The van der Waals surface area contributed by atoms with E-state index in [2.05, 4.69) is 75.8 Å². The number of anilines is 1. The van der Waals surface area contributed by atoms with Crippen molar-refractivity contribution in [1.82, 2.24) is 15.1 Å². The molecule has 6 heteroatoms. The molecule has 4 aliphatic heterocycles. The molecule has 39 heavy (non-hydrogen) atoms. The Morgan fingerprint density at radius 1 is 0.949 bits per heavy atom. The molecule has 6 nitrogen and oxygen atoms in total. The van der Waals surface area contributed by atoms with Crippen LogP contribution in [-0.2, 0) is 0 Å². The van der Waals surface area contributed by atoms with E-state index < -0.39 is 0 Å². The van der Waals surface area contributed by atoms with Gasteiger partial charge < -0.3 is 19.9 Å². The van der Waals surface area contributed by atoms with Crippen LogP contribution in [-0.4, -0.2) is 67.2 Å². The van der Waals surface area contributed by atoms with Gasteiger partial charge >= 0.3 is 0 Å². The van der Waals surface area contributed by atoms with Crippen molar-refractivity contribution < 1.29 is 9.53 Å². The molecule has 2 aromatic rings. The number of likely N-dealkylation sites (tertiary alicyclic amines) is 1. The lowest BCUT2D eigenvalue weighted by atomic mass is 9.89. The van der Waals surface area contributed by atoms with E-state index in [0.717, 1.165) is 24.2 Å². The Kier molecular flexibility index (Phi) is 7.50. The van der Waals surface area contributed by atoms with E-state index in [-0.39, 0.29) is 18.1 Å². The minimum absolute atomic E-state index is 0.0103. The van der Waals surface area contributed by atoms with Gasteiger partial charge in [-0.25, -0.2) is 0 Å². The van der Waals surface area contributed by atoms with Crippen LogP contribution in [0.2, 0.25) is 0 Å². The van der Waals surface area contributed by atoms with Gasteiger partial charge in [-0.2, -0.15) is 0 Å². The van der Waals surface area contributed by atoms with Gasteiger partial charge in [-0.05, 0) is 113 Å². The van der Waals surface area contributed by atoms with Crippen LogP contribution in [0.25, 0.3) is 0 Å². The lowest BCUT2D eigenvalue weighted by Crippen LogP contribution is -2.57. The summed E-state index contributed by atoms with van der Waals surface area (Å²) in [5, 5.41) is 3.36. The first-order chi connectivity index (χ1) is 19.0. The summed E-state index contributed by atoms with van der Waals surface area (Å²) in [7, 11) is 3.88. The van der Waals surface area contributed by atoms with Crippen LogP contribution in [0, 0.1) is 6.92 Å². The number of fused-ring (bicyclic) bond motifs is 2. The molecule has 1 N–H and O–H groups in total. The fourth-order valence-corrected chi connectivity index (χ4v) is 7.34. The topological polar surface area (TPSA) is 48.1 Å². The highest BCUT2D eigenvalue weighted by Crippen LogP contribution is 2.40. The molecule has 4 aliphatic rings. The van der Waals surface area contributed by atoms with Crippen molar-refractivity contribution in [2.75, 3.05) is 32.1 Å². The molecule has 3 fully saturated rings. The van der Waals surface area contributed by atoms with E-state index in [0.29, 0.717) is 23.6 Å². The summed E-state index contributed by atoms with van der Waals surface area (Å²) >= 11 is 0. The number of ether oxygens (including phenoxy) is 1. The fraction of sp³-hybridized carbons (Fsp3) is 0.485. The van der Waals surface area contributed by atoms with E-state index in [1.54, 1.807) is 7.11 Å². The number of hydrogen-bond acceptors (Lipinski definition) is 5. The molecule has 0 spiro atoms. The number of nitrogens with one attached hydrogen (secondary N) is 1. The fourth-order valence-electron chi connectivity index (χ4n) is 7.34. The predicted molar refractivity (Wildman–Crippen MR) is 157 cm³/mol. The predicted octanol–water partition coefficient (Wildman–Crippen LogP) is 5.45. The molecule has 0 aromatic heterocycles. The molecule has 3 atom stereocenters. The number of carbonyl (C=O) groups is 1. The maximum Gasteiger partial charge on any atom is 0.251 e. The Balaban J connectivity index is 1.13. The summed E-state index contributed by atoms with van der Waals surface area (Å²) < 4.78 is 5.43. The summed E-state index contributed by atoms with van der Waals surface area (Å²) in [6, 6.07) is 16.1. The Bertz CT molecular complexity index is 1220. The van der Waals surface area contributed by atoms with Gasteiger partial charge in [0.2, 0.25) is 0 Å². The Morgan fingerprint density at radius 2 is 1.67 bits per heavy atom. The van der Waals surface area contributed by atoms with E-state index in [9.17, 15) is 4.79 Å². The number of benzene rings is 2. The molecule has 3 saturated heterocycles. The van der Waals surface area contributed by atoms with Crippen molar-refractivity contribution in [2.45, 2.75) is 75.7 Å². The monoisotopic (exact) mass is 526 g/mol. The second kappa shape index (κ2) is 11.2. The second-order valence-corrected chi connectivity index (χ2v) is 11.8. The molecule has 6 rings (SSSR count). The molecule has 3 unspecified atom stereocenters. The minimum Gasteiger partial charge on any atom is -0.496 e. The van der Waals surface area contributed by atoms with Crippen LogP contribution in [0.1, 0.15) is 65.9 Å². The number of rotatable bonds is 6. The van der Waals surface area contributed by atoms with Gasteiger partial charge in [-0.15, -0.1) is 0 Å². The van der Waals surface area contributed by atoms with Gasteiger partial charge in [0.25, 0.3) is 5.91 Å². The van der Waals surface area contributed by atoms with E-state index in [4.69, 9.17) is 4.74 Å². The van der Waals surface area contributed by atoms with Crippen LogP contribution < -0.4 is 15.0 Å². The average molecular weight is 527 g/mol. The Labute approximate surface area is 233 Å². The summed E-state index contributed by atoms with van der Waals surface area (Å²) in [5.74, 6) is 1.44. The average Bonchev–Trinajstić information content (AvgIpc) is 3.23. The number of methoxy groups -OCH3 is 1. The normalized spacial score (nSPS) is 27.6. The first-order valence-corrected chi connectivity index (χ1v) is 14.7. The summed E-state index contributed by atoms with van der Waals surface area (Å²) in [6.45, 7) is 4.33. The number of amides is 1. The quantitative estimate of drug-likeness (QED) is 0.542. The molecule has 206 valence electrons. The highest BCUT2D eigenvalue weighted by Gasteiger charge is 2.45. The van der Waals surface area contributed by atoms with Crippen LogP contribution in [0.3, 0.4) is 0 Å². The van der Waals surface area contributed by atoms with E-state index in [1.165, 1.54) is 50.0 Å². The zero-order chi connectivity index (χ0) is 26.9. The SMILES string of the molecule is COc1cccc(C(=O)NC2CC3CCC(C2)N3C2C=CC=CN2c2ccc(C3CCN(C)CC3)cc2)c1C. The number of nitrogens with zero attached hydrogens (tertiary/aromatic N) is 3. The zero-order valence-corrected chi connectivity index (χ0v) is 23.6. The van der Waals surface area contributed by atoms with Gasteiger partial charge in [0.05, 0.1) is 7.11 Å². The van der Waals surface area contributed by atoms with Crippen molar-refractivity contribution in [3.05, 3.63) is 83.6 Å². The third kappa shape index (κ3) is 5.24. The molecule has 2 bridgehead atoms. The molecule has 2 aromatic carbocycles. The van der Waals surface area contributed by atoms with Crippen LogP contribution in [0.5, 0.6) is 5.75 Å². The van der Waals surface area contributed by atoms with E-state index >= 15 is 0 Å². The van der Waals surface area contributed by atoms with Gasteiger partial charge in [0, 0.05) is 41.1 Å². The molecule has 4 heterocycles. The van der Waals surface area contributed by atoms with Crippen molar-refractivity contribution in [3.8, 4) is 5.75 Å². The lowest BCUT2D eigenvalue weighted by molar-refractivity contribution is 0.0764. The third-order valence-electron chi connectivity index (χ3n) is 9.49. The van der Waals surface area contributed by atoms with Crippen LogP contribution in [0.15, 0.2) is 66.9 Å². The molecule has 0 radical (unpaired) electrons. The maximum absolute atomic E-state index is 13.2. The van der Waals surface area contributed by atoms with Crippen LogP contribution >= 0.6 is 0 Å². The number of carbonyl (C=O) groups excluding carboxylic acids is 1. The van der Waals surface area contributed by atoms with E-state index in [1.807, 2.05) is 25.1 Å². The summed E-state index contributed by atoms with van der Waals surface area (Å²) in [6.07, 6.45) is 16.0. The number of allylic oxidation sites excluding steroid dienone is 2. The lowest BCUT2D eigenvalue weighted by Gasteiger charge is -2.47. The Hall–Kier alpha value is -3.09. The maximum atomic E-state index is 13.2. The van der Waals surface area contributed by atoms with Gasteiger partial charge in [-0.1, -0.05) is 24.3 Å². The van der Waals surface area contributed by atoms with Crippen LogP contribution in [0.4, 0.5) is 5.69 Å². The van der Waals surface area contributed by atoms with Gasteiger partial charge in [-0.3, -0.25) is 9.69 Å². The standard InChI is InChI=1S/C33H42N4O2/c1-23-30(7-6-8-31(23)39-3)33(38)34-26-21-28-14-15-29(22-26)37(28)32-9-4-5-18-36(32)27-12-10-24(11-13-27)25-16-19-35(2)20-17-25/h4-13,18,25-26,28-29,32H,14-17,19-22H2,1-3H3,(H,34,38). The number of hydrogen-bond donors (Lipinski definition) is 1. The third-order valence-corrected chi connectivity index (χ3v) is 9.49. The van der Waals surface area contributed by atoms with Crippen molar-refractivity contribution in [2.24, 2.45) is 0 Å². The first kappa shape index (κ1) is 26.1. The number of piperidine rings is 2. The van der Waals surface area contributed by atoms with Gasteiger partial charge in [0.15, 0.2) is 0 Å². The van der Waals surface area contributed by atoms with Crippen molar-refractivity contribution in [1.29, 1.82) is 0 Å². The second-order valence-electron chi connectivity index (χ2n) is 11.8. The highest BCUT2D eigenvalue weighted by atomic mass is 16.5. The molecule has 0 saturated carbocycles. The molecule has 0 aliphatic carbocycles. The minimum atomic E-state index is 0.0103. The summed E-state index contributed by atoms with van der Waals surface area (Å²) in [4.78, 5) is 20.8. The van der Waals surface area contributed by atoms with Crippen molar-refractivity contribution in [3.63, 3.8) is 0 Å². The molecular weight excluding hydrogens is 484 g/mol. The Morgan fingerprint density at radius 3 is 2.36 bits per heavy atom. The molecular formula is C33H42N4O2. The molecule has 1 amide bonds. The van der Waals surface area contributed by atoms with Crippen molar-refractivity contribution >= 4 is 11.6 Å². The zero-order valence-electron chi connectivity index (χ0n) is 23.6. The summed E-state index contributed by atoms with van der Waals surface area (Å²) in [5.41, 5.74) is 4.33. The highest BCUT2D eigenvalue weighted by molar-refractivity contribution is 5.96. The smallest absolute Gasteiger partial charge is 0.251 e.